The molecule has 0 saturated carbocycles. The minimum atomic E-state index is -0.574. The predicted molar refractivity (Wildman–Crippen MR) is 225 cm³/mol. The van der Waals surface area contributed by atoms with E-state index in [4.69, 9.17) is 0 Å². The van der Waals surface area contributed by atoms with Crippen LogP contribution in [0.2, 0.25) is 0 Å². The number of benzene rings is 8. The van der Waals surface area contributed by atoms with Crippen molar-refractivity contribution in [1.82, 2.24) is 9.13 Å². The second kappa shape index (κ2) is 13.0. The van der Waals surface area contributed by atoms with Gasteiger partial charge in [0.15, 0.2) is 0 Å². The van der Waals surface area contributed by atoms with E-state index in [9.17, 15) is 0 Å². The smallest absolute Gasteiger partial charge is 0.0541 e. The fraction of sp³-hybridized carbons (Fsp3) is 0. The molecular formula is C48H33N2PS. The zero-order valence-electron chi connectivity index (χ0n) is 28.3. The van der Waals surface area contributed by atoms with Gasteiger partial charge in [0.1, 0.15) is 0 Å². The normalized spacial score (nSPS) is 11.7. The van der Waals surface area contributed by atoms with E-state index in [1.54, 1.807) is 0 Å². The molecule has 2 nitrogen and oxygen atoms in total. The maximum atomic E-state index is 2.42. The maximum Gasteiger partial charge on any atom is 0.0541 e. The molecule has 0 aliphatic carbocycles. The first-order chi connectivity index (χ1) is 25.8. The summed E-state index contributed by atoms with van der Waals surface area (Å²) in [5.74, 6) is 0. The van der Waals surface area contributed by atoms with Crippen LogP contribution in [-0.2, 0) is 0 Å². The zero-order chi connectivity index (χ0) is 34.4. The molecule has 10 rings (SSSR count). The number of nitrogens with zero attached hydrogens (tertiary/aromatic N) is 2. The van der Waals surface area contributed by atoms with Crippen LogP contribution in [0.4, 0.5) is 0 Å². The molecule has 0 fully saturated rings. The topological polar surface area (TPSA) is 9.86 Å². The Morgan fingerprint density at radius 3 is 1.31 bits per heavy atom. The molecule has 0 bridgehead atoms. The van der Waals surface area contributed by atoms with E-state index in [2.05, 4.69) is 209 Å². The largest absolute Gasteiger partial charge is 0.309 e. The van der Waals surface area contributed by atoms with Crippen molar-refractivity contribution in [3.05, 3.63) is 200 Å². The van der Waals surface area contributed by atoms with Gasteiger partial charge in [0.05, 0.1) is 22.1 Å². The van der Waals surface area contributed by atoms with Crippen LogP contribution in [0.25, 0.3) is 66.1 Å². The van der Waals surface area contributed by atoms with Gasteiger partial charge < -0.3 is 9.13 Å². The molecule has 246 valence electrons. The summed E-state index contributed by atoms with van der Waals surface area (Å²) in [4.78, 5) is 1.28. The number of rotatable bonds is 7. The Bertz CT molecular complexity index is 2780. The molecule has 0 radical (unpaired) electrons. The van der Waals surface area contributed by atoms with Gasteiger partial charge in [-0.15, -0.1) is 0 Å². The molecule has 0 aliphatic heterocycles. The Morgan fingerprint density at radius 1 is 0.327 bits per heavy atom. The van der Waals surface area contributed by atoms with Crippen LogP contribution in [0.5, 0.6) is 0 Å². The Morgan fingerprint density at radius 2 is 0.769 bits per heavy atom. The Kier molecular flexibility index (Phi) is 7.75. The lowest BCUT2D eigenvalue weighted by atomic mass is 10.0. The fourth-order valence-corrected chi connectivity index (χ4v) is 11.8. The summed E-state index contributed by atoms with van der Waals surface area (Å²) in [6.07, 6.45) is 0. The number of hydrogen-bond acceptors (Lipinski definition) is 1. The van der Waals surface area contributed by atoms with Gasteiger partial charge in [-0.25, -0.2) is 0 Å². The lowest BCUT2D eigenvalue weighted by molar-refractivity contribution is 1.13. The van der Waals surface area contributed by atoms with Gasteiger partial charge in [0, 0.05) is 44.9 Å². The first-order valence-corrected chi connectivity index (χ1v) is 20.4. The van der Waals surface area contributed by atoms with E-state index < -0.39 is 7.12 Å². The standard InChI is InChI=1S/C48H33N2PS/c1-3-16-38(17-4-1)51(39-18-5-2-6-19-39)52-40-29-26-34(27-30-40)35-28-31-48-44(32-35)43-22-9-12-25-47(43)50(48)37-15-13-14-36(33-37)49-45-23-10-7-20-41(45)42-21-8-11-24-46(42)49/h1-33H. The molecule has 52 heavy (non-hydrogen) atoms. The molecule has 8 aromatic carbocycles. The van der Waals surface area contributed by atoms with E-state index >= 15 is 0 Å². The molecule has 0 N–H and O–H groups in total. The van der Waals surface area contributed by atoms with Crippen molar-refractivity contribution in [2.75, 3.05) is 0 Å². The van der Waals surface area contributed by atoms with Crippen molar-refractivity contribution < 1.29 is 0 Å². The Hall–Kier alpha value is -5.86. The first-order valence-electron chi connectivity index (χ1n) is 17.6. The van der Waals surface area contributed by atoms with Crippen LogP contribution in [0, 0.1) is 0 Å². The summed E-state index contributed by atoms with van der Waals surface area (Å²) in [6, 6.07) is 73.0. The number of fused-ring (bicyclic) bond motifs is 6. The SMILES string of the molecule is c1ccc(P(Sc2ccc(-c3ccc4c(c3)c3ccccc3n4-c3cccc(-n4c5ccccc5c5ccccc54)c3)cc2)c2ccccc2)cc1. The maximum absolute atomic E-state index is 2.42. The van der Waals surface area contributed by atoms with Gasteiger partial charge >= 0.3 is 0 Å². The van der Waals surface area contributed by atoms with Crippen molar-refractivity contribution >= 4 is 72.7 Å². The van der Waals surface area contributed by atoms with E-state index in [-0.39, 0.29) is 0 Å². The highest BCUT2D eigenvalue weighted by molar-refractivity contribution is 8.60. The summed E-state index contributed by atoms with van der Waals surface area (Å²) >= 11 is 1.96. The molecule has 0 amide bonds. The third-order valence-corrected chi connectivity index (χ3v) is 14.6. The third-order valence-electron chi connectivity index (χ3n) is 9.96. The quantitative estimate of drug-likeness (QED) is 0.151. The van der Waals surface area contributed by atoms with Crippen LogP contribution in [-0.4, -0.2) is 9.13 Å². The highest BCUT2D eigenvalue weighted by atomic mass is 32.7. The van der Waals surface area contributed by atoms with Crippen LogP contribution < -0.4 is 10.6 Å². The van der Waals surface area contributed by atoms with Crippen molar-refractivity contribution in [1.29, 1.82) is 0 Å². The third kappa shape index (κ3) is 5.33. The van der Waals surface area contributed by atoms with Crippen LogP contribution in [0.1, 0.15) is 0 Å². The summed E-state index contributed by atoms with van der Waals surface area (Å²) in [5, 5.41) is 7.80. The lowest BCUT2D eigenvalue weighted by Crippen LogP contribution is -2.08. The molecule has 0 unspecified atom stereocenters. The van der Waals surface area contributed by atoms with Crippen molar-refractivity contribution in [2.45, 2.75) is 4.90 Å². The number of hydrogen-bond donors (Lipinski definition) is 0. The summed E-state index contributed by atoms with van der Waals surface area (Å²) in [7, 11) is -0.574. The molecule has 0 atom stereocenters. The van der Waals surface area contributed by atoms with Gasteiger partial charge in [-0.3, -0.25) is 0 Å². The van der Waals surface area contributed by atoms with Gasteiger partial charge in [-0.2, -0.15) is 0 Å². The summed E-state index contributed by atoms with van der Waals surface area (Å²) < 4.78 is 4.81. The molecule has 0 spiro atoms. The molecule has 2 heterocycles. The Labute approximate surface area is 308 Å². The molecule has 10 aromatic rings. The average molecular weight is 701 g/mol. The lowest BCUT2D eigenvalue weighted by Gasteiger charge is -2.18. The Balaban J connectivity index is 1.03. The van der Waals surface area contributed by atoms with Gasteiger partial charge in [-0.1, -0.05) is 151 Å². The van der Waals surface area contributed by atoms with Crippen LogP contribution >= 0.6 is 18.5 Å². The monoisotopic (exact) mass is 700 g/mol. The first kappa shape index (κ1) is 30.9. The second-order valence-corrected chi connectivity index (χ2v) is 17.0. The van der Waals surface area contributed by atoms with Crippen LogP contribution in [0.15, 0.2) is 205 Å². The van der Waals surface area contributed by atoms with Gasteiger partial charge in [0.2, 0.25) is 0 Å². The van der Waals surface area contributed by atoms with E-state index in [0.717, 1.165) is 11.4 Å². The molecule has 0 aliphatic rings. The molecule has 4 heteroatoms. The van der Waals surface area contributed by atoms with E-state index in [0.29, 0.717) is 0 Å². The fourth-order valence-electron chi connectivity index (χ4n) is 7.60. The highest BCUT2D eigenvalue weighted by Crippen LogP contribution is 2.52. The summed E-state index contributed by atoms with van der Waals surface area (Å²) in [5.41, 5.74) is 9.58. The van der Waals surface area contributed by atoms with Crippen molar-refractivity contribution in [2.24, 2.45) is 0 Å². The number of para-hydroxylation sites is 3. The van der Waals surface area contributed by atoms with Gasteiger partial charge in [0.25, 0.3) is 0 Å². The van der Waals surface area contributed by atoms with Gasteiger partial charge in [-0.05, 0) is 82.4 Å². The van der Waals surface area contributed by atoms with Crippen molar-refractivity contribution in [3.63, 3.8) is 0 Å². The highest BCUT2D eigenvalue weighted by Gasteiger charge is 2.18. The van der Waals surface area contributed by atoms with E-state index in [1.807, 2.05) is 11.4 Å². The molecule has 0 saturated heterocycles. The van der Waals surface area contributed by atoms with Crippen molar-refractivity contribution in [3.8, 4) is 22.5 Å². The van der Waals surface area contributed by atoms with E-state index in [1.165, 1.54) is 70.2 Å². The minimum Gasteiger partial charge on any atom is -0.309 e. The summed E-state index contributed by atoms with van der Waals surface area (Å²) in [6.45, 7) is 0. The average Bonchev–Trinajstić information content (AvgIpc) is 3.74. The number of aromatic nitrogens is 2. The molecule has 2 aromatic heterocycles. The minimum absolute atomic E-state index is 0.574. The zero-order valence-corrected chi connectivity index (χ0v) is 30.0. The second-order valence-electron chi connectivity index (χ2n) is 13.1. The van der Waals surface area contributed by atoms with Crippen LogP contribution in [0.3, 0.4) is 0 Å². The molecular weight excluding hydrogens is 668 g/mol. The predicted octanol–water partition coefficient (Wildman–Crippen LogP) is 12.7.